The summed E-state index contributed by atoms with van der Waals surface area (Å²) in [6.45, 7) is 5.01. The lowest BCUT2D eigenvalue weighted by Crippen LogP contribution is -2.25. The largest absolute Gasteiger partial charge is 0.359 e. The second-order valence-electron chi connectivity index (χ2n) is 3.61. The van der Waals surface area contributed by atoms with Gasteiger partial charge in [-0.3, -0.25) is 4.55 Å². The van der Waals surface area contributed by atoms with E-state index in [0.717, 1.165) is 17.1 Å². The molecule has 0 spiro atoms. The first-order chi connectivity index (χ1) is 7.43. The quantitative estimate of drug-likeness (QED) is 0.825. The maximum Gasteiger partial charge on any atom is 0.294 e. The number of hydrogen-bond donors (Lipinski definition) is 1. The zero-order valence-electron chi connectivity index (χ0n) is 9.04. The average molecular weight is 259 g/mol. The summed E-state index contributed by atoms with van der Waals surface area (Å²) in [5, 5.41) is 0.302. The van der Waals surface area contributed by atoms with Crippen LogP contribution in [0, 0.1) is 0 Å². The molecule has 1 aliphatic heterocycles. The van der Waals surface area contributed by atoms with E-state index in [1.165, 1.54) is 12.1 Å². The van der Waals surface area contributed by atoms with Gasteiger partial charge in [0.2, 0.25) is 0 Å². The minimum absolute atomic E-state index is 0.0381. The van der Waals surface area contributed by atoms with Crippen LogP contribution in [0.3, 0.4) is 0 Å². The second-order valence-corrected chi connectivity index (χ2v) is 6.39. The normalized spacial score (nSPS) is 19.9. The molecule has 1 N–H and O–H groups in total. The topological polar surface area (TPSA) is 57.6 Å². The van der Waals surface area contributed by atoms with E-state index < -0.39 is 10.1 Å². The monoisotopic (exact) mass is 259 g/mol. The third-order valence-electron chi connectivity index (χ3n) is 2.62. The van der Waals surface area contributed by atoms with E-state index in [9.17, 15) is 8.42 Å². The fourth-order valence-electron chi connectivity index (χ4n) is 1.86. The van der Waals surface area contributed by atoms with Crippen LogP contribution in [0.15, 0.2) is 28.0 Å². The SMILES string of the molecule is CCN1c2ccc(S(=O)(=O)O)cc2SC1C. The van der Waals surface area contributed by atoms with Crippen LogP contribution in [-0.4, -0.2) is 24.9 Å². The number of benzene rings is 1. The lowest BCUT2D eigenvalue weighted by Gasteiger charge is -2.21. The first-order valence-electron chi connectivity index (χ1n) is 4.98. The summed E-state index contributed by atoms with van der Waals surface area (Å²) in [5.74, 6) is 0. The van der Waals surface area contributed by atoms with Crippen molar-refractivity contribution in [3.8, 4) is 0 Å². The highest BCUT2D eigenvalue weighted by Crippen LogP contribution is 2.43. The van der Waals surface area contributed by atoms with E-state index in [0.29, 0.717) is 5.37 Å². The maximum absolute atomic E-state index is 11.0. The summed E-state index contributed by atoms with van der Waals surface area (Å²) in [4.78, 5) is 3.06. The Balaban J connectivity index is 2.48. The van der Waals surface area contributed by atoms with E-state index in [2.05, 4.69) is 18.7 Å². The summed E-state index contributed by atoms with van der Waals surface area (Å²) in [6, 6.07) is 4.72. The molecular weight excluding hydrogens is 246 g/mol. The minimum atomic E-state index is -4.10. The Hall–Kier alpha value is -0.720. The average Bonchev–Trinajstić information content (AvgIpc) is 2.50. The van der Waals surface area contributed by atoms with Crippen LogP contribution in [0.25, 0.3) is 0 Å². The molecule has 0 saturated carbocycles. The molecule has 1 aliphatic rings. The van der Waals surface area contributed by atoms with Crippen molar-refractivity contribution in [3.05, 3.63) is 18.2 Å². The molecule has 1 aromatic carbocycles. The van der Waals surface area contributed by atoms with E-state index in [-0.39, 0.29) is 4.90 Å². The molecule has 2 rings (SSSR count). The van der Waals surface area contributed by atoms with Crippen LogP contribution in [0.2, 0.25) is 0 Å². The van der Waals surface area contributed by atoms with Gasteiger partial charge in [-0.05, 0) is 32.0 Å². The van der Waals surface area contributed by atoms with Crippen molar-refractivity contribution in [3.63, 3.8) is 0 Å². The molecule has 1 aromatic rings. The van der Waals surface area contributed by atoms with Crippen molar-refractivity contribution in [2.24, 2.45) is 0 Å². The molecule has 0 saturated heterocycles. The predicted octanol–water partition coefficient (Wildman–Crippen LogP) is 2.21. The second kappa shape index (κ2) is 3.94. The van der Waals surface area contributed by atoms with Gasteiger partial charge in [-0.2, -0.15) is 8.42 Å². The van der Waals surface area contributed by atoms with Gasteiger partial charge in [0, 0.05) is 11.4 Å². The molecule has 6 heteroatoms. The van der Waals surface area contributed by atoms with Crippen molar-refractivity contribution in [2.75, 3.05) is 11.4 Å². The third-order valence-corrected chi connectivity index (χ3v) is 4.64. The van der Waals surface area contributed by atoms with Crippen LogP contribution in [0.1, 0.15) is 13.8 Å². The Morgan fingerprint density at radius 2 is 2.19 bits per heavy atom. The molecule has 4 nitrogen and oxygen atoms in total. The van der Waals surface area contributed by atoms with Crippen LogP contribution >= 0.6 is 11.8 Å². The number of anilines is 1. The third kappa shape index (κ3) is 1.92. The van der Waals surface area contributed by atoms with Crippen molar-refractivity contribution in [1.29, 1.82) is 0 Å². The van der Waals surface area contributed by atoms with Crippen LogP contribution < -0.4 is 4.90 Å². The molecule has 0 bridgehead atoms. The molecule has 1 unspecified atom stereocenters. The Labute approximate surface area is 99.4 Å². The van der Waals surface area contributed by atoms with Gasteiger partial charge in [-0.1, -0.05) is 11.8 Å². The van der Waals surface area contributed by atoms with Gasteiger partial charge in [0.1, 0.15) is 0 Å². The van der Waals surface area contributed by atoms with Crippen molar-refractivity contribution >= 4 is 27.6 Å². The molecule has 1 heterocycles. The van der Waals surface area contributed by atoms with Crippen molar-refractivity contribution < 1.29 is 13.0 Å². The van der Waals surface area contributed by atoms with E-state index in [1.54, 1.807) is 17.8 Å². The number of hydrogen-bond acceptors (Lipinski definition) is 4. The maximum atomic E-state index is 11.0. The van der Waals surface area contributed by atoms with Gasteiger partial charge < -0.3 is 4.90 Å². The molecule has 0 radical (unpaired) electrons. The summed E-state index contributed by atoms with van der Waals surface area (Å²) >= 11 is 1.60. The zero-order chi connectivity index (χ0) is 11.9. The molecule has 88 valence electrons. The molecule has 0 amide bonds. The molecule has 0 aromatic heterocycles. The summed E-state index contributed by atoms with van der Waals surface area (Å²) in [5.41, 5.74) is 1.03. The molecule has 1 atom stereocenters. The van der Waals surface area contributed by atoms with Gasteiger partial charge in [0.25, 0.3) is 10.1 Å². The van der Waals surface area contributed by atoms with Crippen LogP contribution in [0.5, 0.6) is 0 Å². The summed E-state index contributed by atoms with van der Waals surface area (Å²) < 4.78 is 31.0. The van der Waals surface area contributed by atoms with Crippen molar-refractivity contribution in [2.45, 2.75) is 29.0 Å². The first-order valence-corrected chi connectivity index (χ1v) is 7.30. The highest BCUT2D eigenvalue weighted by molar-refractivity contribution is 8.00. The fraction of sp³-hybridized carbons (Fsp3) is 0.400. The van der Waals surface area contributed by atoms with E-state index in [4.69, 9.17) is 4.55 Å². The van der Waals surface area contributed by atoms with Gasteiger partial charge in [-0.15, -0.1) is 0 Å². The number of thioether (sulfide) groups is 1. The Kier molecular flexibility index (Phi) is 2.90. The number of rotatable bonds is 2. The van der Waals surface area contributed by atoms with Gasteiger partial charge in [0.15, 0.2) is 0 Å². The number of fused-ring (bicyclic) bond motifs is 1. The summed E-state index contributed by atoms with van der Waals surface area (Å²) in [7, 11) is -4.10. The molecule has 16 heavy (non-hydrogen) atoms. The standard InChI is InChI=1S/C10H13NO3S2/c1-3-11-7(2)15-10-6-8(16(12,13)14)4-5-9(10)11/h4-7H,3H2,1-2H3,(H,12,13,14). The van der Waals surface area contributed by atoms with Crippen LogP contribution in [0.4, 0.5) is 5.69 Å². The highest BCUT2D eigenvalue weighted by Gasteiger charge is 2.26. The molecule has 0 fully saturated rings. The lowest BCUT2D eigenvalue weighted by molar-refractivity contribution is 0.483. The zero-order valence-corrected chi connectivity index (χ0v) is 10.7. The highest BCUT2D eigenvalue weighted by atomic mass is 32.2. The van der Waals surface area contributed by atoms with E-state index in [1.807, 2.05) is 0 Å². The Morgan fingerprint density at radius 1 is 1.50 bits per heavy atom. The van der Waals surface area contributed by atoms with Gasteiger partial charge in [-0.25, -0.2) is 0 Å². The van der Waals surface area contributed by atoms with E-state index >= 15 is 0 Å². The number of nitrogens with zero attached hydrogens (tertiary/aromatic N) is 1. The van der Waals surface area contributed by atoms with Gasteiger partial charge >= 0.3 is 0 Å². The summed E-state index contributed by atoms with van der Waals surface area (Å²) in [6.07, 6.45) is 0. The molecular formula is C10H13NO3S2. The first kappa shape index (κ1) is 11.8. The smallest absolute Gasteiger partial charge is 0.294 e. The molecule has 0 aliphatic carbocycles. The Bertz CT molecular complexity index is 513. The Morgan fingerprint density at radius 3 is 2.75 bits per heavy atom. The minimum Gasteiger partial charge on any atom is -0.359 e. The fourth-order valence-corrected chi connectivity index (χ4v) is 3.70. The van der Waals surface area contributed by atoms with Crippen LogP contribution in [-0.2, 0) is 10.1 Å². The lowest BCUT2D eigenvalue weighted by atomic mass is 10.3. The predicted molar refractivity (Wildman–Crippen MR) is 64.6 cm³/mol. The van der Waals surface area contributed by atoms with Crippen molar-refractivity contribution in [1.82, 2.24) is 0 Å². The van der Waals surface area contributed by atoms with Gasteiger partial charge in [0.05, 0.1) is 16.0 Å².